The van der Waals surface area contributed by atoms with Gasteiger partial charge in [0.2, 0.25) is 0 Å². The third kappa shape index (κ3) is 2.41. The Morgan fingerprint density at radius 2 is 2.29 bits per heavy atom. The highest BCUT2D eigenvalue weighted by Gasteiger charge is 2.27. The van der Waals surface area contributed by atoms with Crippen molar-refractivity contribution in [3.8, 4) is 0 Å². The number of carbonyl (C=O) groups is 1. The van der Waals surface area contributed by atoms with E-state index in [0.29, 0.717) is 25.5 Å². The van der Waals surface area contributed by atoms with Gasteiger partial charge in [-0.1, -0.05) is 0 Å². The van der Waals surface area contributed by atoms with Crippen molar-refractivity contribution < 1.29 is 9.90 Å². The first-order chi connectivity index (χ1) is 8.08. The van der Waals surface area contributed by atoms with E-state index in [9.17, 15) is 4.79 Å². The van der Waals surface area contributed by atoms with Crippen molar-refractivity contribution in [1.29, 1.82) is 0 Å². The molecule has 1 aliphatic rings. The normalized spacial score (nSPS) is 20.4. The lowest BCUT2D eigenvalue weighted by Gasteiger charge is -2.39. The monoisotopic (exact) mass is 236 g/mol. The molecule has 1 aromatic heterocycles. The van der Waals surface area contributed by atoms with Crippen LogP contribution in [0.2, 0.25) is 0 Å². The first-order valence-corrected chi connectivity index (χ1v) is 5.54. The molecule has 0 aromatic carbocycles. The maximum absolute atomic E-state index is 10.9. The molecule has 17 heavy (non-hydrogen) atoms. The van der Waals surface area contributed by atoms with Crippen LogP contribution in [0.4, 0.5) is 16.3 Å². The van der Waals surface area contributed by atoms with Gasteiger partial charge in [0, 0.05) is 25.7 Å². The predicted octanol–water partition coefficient (Wildman–Crippen LogP) is 0.852. The first-order valence-electron chi connectivity index (χ1n) is 5.54. The van der Waals surface area contributed by atoms with Crippen LogP contribution in [-0.2, 0) is 0 Å². The number of rotatable bonds is 1. The van der Waals surface area contributed by atoms with Crippen LogP contribution in [0, 0.1) is 0 Å². The number of aromatic nitrogens is 1. The summed E-state index contributed by atoms with van der Waals surface area (Å²) in [5.74, 6) is 0.492. The van der Waals surface area contributed by atoms with E-state index in [1.807, 2.05) is 13.0 Å². The fraction of sp³-hybridized carbons (Fsp3) is 0.455. The van der Waals surface area contributed by atoms with Gasteiger partial charge in [-0.2, -0.15) is 0 Å². The van der Waals surface area contributed by atoms with E-state index in [1.165, 1.54) is 4.90 Å². The molecule has 1 fully saturated rings. The van der Waals surface area contributed by atoms with Crippen LogP contribution >= 0.6 is 0 Å². The molecule has 2 rings (SSSR count). The van der Waals surface area contributed by atoms with Gasteiger partial charge >= 0.3 is 6.09 Å². The highest BCUT2D eigenvalue weighted by atomic mass is 16.4. The van der Waals surface area contributed by atoms with Crippen LogP contribution in [0.15, 0.2) is 18.3 Å². The number of piperazine rings is 1. The Hall–Kier alpha value is -1.98. The molecule has 1 aliphatic heterocycles. The van der Waals surface area contributed by atoms with E-state index in [2.05, 4.69) is 9.88 Å². The van der Waals surface area contributed by atoms with E-state index in [4.69, 9.17) is 10.8 Å². The van der Waals surface area contributed by atoms with Crippen LogP contribution < -0.4 is 10.6 Å². The lowest BCUT2D eigenvalue weighted by Crippen LogP contribution is -2.53. The summed E-state index contributed by atoms with van der Waals surface area (Å²) in [6.07, 6.45) is 0.867. The lowest BCUT2D eigenvalue weighted by atomic mass is 10.2. The molecule has 0 aliphatic carbocycles. The second-order valence-corrected chi connectivity index (χ2v) is 4.21. The molecular formula is C11H16N4O2. The molecule has 0 radical (unpaired) electrons. The summed E-state index contributed by atoms with van der Waals surface area (Å²) in [7, 11) is 0. The molecule has 0 unspecified atom stereocenters. The van der Waals surface area contributed by atoms with E-state index in [0.717, 1.165) is 5.69 Å². The number of hydrogen-bond acceptors (Lipinski definition) is 4. The maximum Gasteiger partial charge on any atom is 0.407 e. The second-order valence-electron chi connectivity index (χ2n) is 4.21. The van der Waals surface area contributed by atoms with E-state index in [1.54, 1.807) is 12.3 Å². The minimum atomic E-state index is -0.854. The molecule has 1 atom stereocenters. The molecule has 92 valence electrons. The van der Waals surface area contributed by atoms with Crippen molar-refractivity contribution in [2.75, 3.05) is 30.3 Å². The first kappa shape index (κ1) is 11.5. The van der Waals surface area contributed by atoms with Crippen LogP contribution in [0.3, 0.4) is 0 Å². The number of pyridine rings is 1. The zero-order chi connectivity index (χ0) is 12.4. The quantitative estimate of drug-likeness (QED) is 0.755. The molecule has 1 saturated heterocycles. The van der Waals surface area contributed by atoms with E-state index < -0.39 is 6.09 Å². The summed E-state index contributed by atoms with van der Waals surface area (Å²) in [5.41, 5.74) is 6.51. The SMILES string of the molecule is C[C@@H]1CN(c2ccc(N)nc2)CCN1C(=O)O. The summed E-state index contributed by atoms with van der Waals surface area (Å²) in [6, 6.07) is 3.65. The molecule has 0 bridgehead atoms. The van der Waals surface area contributed by atoms with Crippen LogP contribution in [0.25, 0.3) is 0 Å². The second kappa shape index (κ2) is 4.48. The Bertz CT molecular complexity index is 406. The van der Waals surface area contributed by atoms with Gasteiger partial charge in [0.05, 0.1) is 11.9 Å². The van der Waals surface area contributed by atoms with Crippen molar-refractivity contribution in [3.63, 3.8) is 0 Å². The number of amides is 1. The Morgan fingerprint density at radius 1 is 1.53 bits per heavy atom. The van der Waals surface area contributed by atoms with Crippen molar-refractivity contribution in [1.82, 2.24) is 9.88 Å². The molecule has 1 aromatic rings. The van der Waals surface area contributed by atoms with Gasteiger partial charge in [0.1, 0.15) is 5.82 Å². The number of nitrogens with two attached hydrogens (primary N) is 1. The van der Waals surface area contributed by atoms with Gasteiger partial charge in [0.15, 0.2) is 0 Å². The minimum Gasteiger partial charge on any atom is -0.465 e. The highest BCUT2D eigenvalue weighted by molar-refractivity contribution is 5.66. The van der Waals surface area contributed by atoms with Crippen LogP contribution in [0.5, 0.6) is 0 Å². The van der Waals surface area contributed by atoms with E-state index in [-0.39, 0.29) is 6.04 Å². The molecule has 0 saturated carbocycles. The van der Waals surface area contributed by atoms with Gasteiger partial charge in [-0.25, -0.2) is 9.78 Å². The zero-order valence-electron chi connectivity index (χ0n) is 9.71. The molecule has 6 heteroatoms. The fourth-order valence-electron chi connectivity index (χ4n) is 2.06. The standard InChI is InChI=1S/C11H16N4O2/c1-8-7-14(4-5-15(8)11(16)17)9-2-3-10(12)13-6-9/h2-3,6,8H,4-5,7H2,1H3,(H2,12,13)(H,16,17)/t8-/m1/s1. The fourth-order valence-corrected chi connectivity index (χ4v) is 2.06. The number of hydrogen-bond donors (Lipinski definition) is 2. The highest BCUT2D eigenvalue weighted by Crippen LogP contribution is 2.18. The summed E-state index contributed by atoms with van der Waals surface area (Å²) in [6.45, 7) is 3.78. The van der Waals surface area contributed by atoms with Crippen LogP contribution in [-0.4, -0.2) is 46.8 Å². The van der Waals surface area contributed by atoms with Gasteiger partial charge < -0.3 is 20.6 Å². The minimum absolute atomic E-state index is 0.0150. The van der Waals surface area contributed by atoms with Crippen molar-refractivity contribution in [3.05, 3.63) is 18.3 Å². The summed E-state index contributed by atoms with van der Waals surface area (Å²) >= 11 is 0. The largest absolute Gasteiger partial charge is 0.465 e. The Labute approximate surface area is 99.7 Å². The Morgan fingerprint density at radius 3 is 2.82 bits per heavy atom. The molecule has 3 N–H and O–H groups in total. The maximum atomic E-state index is 10.9. The number of anilines is 2. The van der Waals surface area contributed by atoms with Gasteiger partial charge in [-0.15, -0.1) is 0 Å². The molecular weight excluding hydrogens is 220 g/mol. The van der Waals surface area contributed by atoms with Gasteiger partial charge in [-0.05, 0) is 19.1 Å². The predicted molar refractivity (Wildman–Crippen MR) is 65.1 cm³/mol. The summed E-state index contributed by atoms with van der Waals surface area (Å²) in [5, 5.41) is 8.98. The number of nitrogen functional groups attached to an aromatic ring is 1. The number of nitrogens with zero attached hydrogens (tertiary/aromatic N) is 3. The Balaban J connectivity index is 2.06. The molecule has 1 amide bonds. The van der Waals surface area contributed by atoms with Gasteiger partial charge in [0.25, 0.3) is 0 Å². The third-order valence-electron chi connectivity index (χ3n) is 3.01. The van der Waals surface area contributed by atoms with E-state index >= 15 is 0 Å². The van der Waals surface area contributed by atoms with Gasteiger partial charge in [-0.3, -0.25) is 0 Å². The Kier molecular flexibility index (Phi) is 3.03. The van der Waals surface area contributed by atoms with Crippen LogP contribution in [0.1, 0.15) is 6.92 Å². The summed E-state index contributed by atoms with van der Waals surface area (Å²) in [4.78, 5) is 18.6. The third-order valence-corrected chi connectivity index (χ3v) is 3.01. The topological polar surface area (TPSA) is 82.7 Å². The van der Waals surface area contributed by atoms with Crippen molar-refractivity contribution in [2.24, 2.45) is 0 Å². The van der Waals surface area contributed by atoms with Crippen molar-refractivity contribution in [2.45, 2.75) is 13.0 Å². The molecule has 6 nitrogen and oxygen atoms in total. The smallest absolute Gasteiger partial charge is 0.407 e. The summed E-state index contributed by atoms with van der Waals surface area (Å²) < 4.78 is 0. The molecule has 0 spiro atoms. The average Bonchev–Trinajstić information content (AvgIpc) is 2.29. The average molecular weight is 236 g/mol. The van der Waals surface area contributed by atoms with Crippen molar-refractivity contribution >= 4 is 17.6 Å². The lowest BCUT2D eigenvalue weighted by molar-refractivity contribution is 0.122. The zero-order valence-corrected chi connectivity index (χ0v) is 9.71. The molecule has 2 heterocycles. The number of carboxylic acid groups (broad SMARTS) is 1.